The minimum absolute atomic E-state index is 0.0800. The number of pyridine rings is 1. The summed E-state index contributed by atoms with van der Waals surface area (Å²) < 4.78 is 1.06. The molecule has 126 valence electrons. The van der Waals surface area contributed by atoms with E-state index in [1.54, 1.807) is 30.3 Å². The lowest BCUT2D eigenvalue weighted by Crippen LogP contribution is -2.26. The first-order valence-corrected chi connectivity index (χ1v) is 8.66. The molecule has 25 heavy (non-hydrogen) atoms. The molecule has 0 aliphatic carbocycles. The lowest BCUT2D eigenvalue weighted by Gasteiger charge is -2.17. The monoisotopic (exact) mass is 395 g/mol. The lowest BCUT2D eigenvalue weighted by atomic mass is 10.2. The molecule has 0 bridgehead atoms. The Bertz CT molecular complexity index is 896. The van der Waals surface area contributed by atoms with Gasteiger partial charge in [0.25, 0.3) is 5.91 Å². The third kappa shape index (κ3) is 4.06. The number of amides is 1. The Balaban J connectivity index is 1.81. The highest BCUT2D eigenvalue weighted by molar-refractivity contribution is 9.10. The van der Waals surface area contributed by atoms with E-state index in [-0.39, 0.29) is 5.91 Å². The van der Waals surface area contributed by atoms with Crippen molar-refractivity contribution in [3.63, 3.8) is 0 Å². The quantitative estimate of drug-likeness (QED) is 0.662. The van der Waals surface area contributed by atoms with Gasteiger partial charge in [0.15, 0.2) is 0 Å². The first-order valence-electron chi connectivity index (χ1n) is 7.87. The molecule has 5 heteroatoms. The fourth-order valence-corrected chi connectivity index (χ4v) is 2.71. The van der Waals surface area contributed by atoms with Crippen molar-refractivity contribution in [2.45, 2.75) is 6.92 Å². The smallest absolute Gasteiger partial charge is 0.258 e. The molecule has 3 aromatic rings. The number of hydrogen-bond donors (Lipinski definition) is 1. The fraction of sp³-hybridized carbons (Fsp3) is 0.100. The number of para-hydroxylation sites is 1. The number of aromatic nitrogens is 1. The second-order valence-corrected chi connectivity index (χ2v) is 6.57. The zero-order valence-electron chi connectivity index (χ0n) is 14.0. The molecule has 1 aromatic heterocycles. The van der Waals surface area contributed by atoms with Crippen LogP contribution in [0.3, 0.4) is 0 Å². The van der Waals surface area contributed by atoms with E-state index >= 15 is 0 Å². The van der Waals surface area contributed by atoms with E-state index in [4.69, 9.17) is 0 Å². The SMILES string of the molecule is Cc1cc(Nc2cc(C(=O)N(C)c3ccccc3)ccn2)ccc1Br. The second-order valence-electron chi connectivity index (χ2n) is 5.72. The van der Waals surface area contributed by atoms with E-state index in [0.29, 0.717) is 11.4 Å². The van der Waals surface area contributed by atoms with Gasteiger partial charge in [-0.2, -0.15) is 0 Å². The summed E-state index contributed by atoms with van der Waals surface area (Å²) in [4.78, 5) is 18.6. The molecule has 0 fully saturated rings. The van der Waals surface area contributed by atoms with Gasteiger partial charge in [0.1, 0.15) is 5.82 Å². The molecule has 2 aromatic carbocycles. The van der Waals surface area contributed by atoms with Crippen molar-refractivity contribution in [1.82, 2.24) is 4.98 Å². The van der Waals surface area contributed by atoms with Crippen LogP contribution >= 0.6 is 15.9 Å². The first-order chi connectivity index (χ1) is 12.0. The van der Waals surface area contributed by atoms with Crippen molar-refractivity contribution in [1.29, 1.82) is 0 Å². The molecular weight excluding hydrogens is 378 g/mol. The van der Waals surface area contributed by atoms with Crippen molar-refractivity contribution in [3.8, 4) is 0 Å². The molecule has 0 aliphatic heterocycles. The number of hydrogen-bond acceptors (Lipinski definition) is 3. The highest BCUT2D eigenvalue weighted by Gasteiger charge is 2.14. The van der Waals surface area contributed by atoms with Crippen LogP contribution in [-0.4, -0.2) is 17.9 Å². The Morgan fingerprint density at radius 1 is 1.08 bits per heavy atom. The van der Waals surface area contributed by atoms with Crippen LogP contribution in [0.25, 0.3) is 0 Å². The maximum atomic E-state index is 12.7. The molecule has 3 rings (SSSR count). The number of rotatable bonds is 4. The van der Waals surface area contributed by atoms with Gasteiger partial charge in [-0.05, 0) is 55.0 Å². The molecule has 0 saturated carbocycles. The summed E-state index contributed by atoms with van der Waals surface area (Å²) in [5, 5.41) is 3.24. The predicted molar refractivity (Wildman–Crippen MR) is 106 cm³/mol. The Hall–Kier alpha value is -2.66. The van der Waals surface area contributed by atoms with Gasteiger partial charge in [-0.3, -0.25) is 4.79 Å². The second kappa shape index (κ2) is 7.49. The van der Waals surface area contributed by atoms with Gasteiger partial charge < -0.3 is 10.2 Å². The third-order valence-electron chi connectivity index (χ3n) is 3.89. The summed E-state index contributed by atoms with van der Waals surface area (Å²) >= 11 is 3.49. The minimum atomic E-state index is -0.0800. The van der Waals surface area contributed by atoms with E-state index in [0.717, 1.165) is 21.4 Å². The van der Waals surface area contributed by atoms with Gasteiger partial charge in [-0.15, -0.1) is 0 Å². The van der Waals surface area contributed by atoms with E-state index < -0.39 is 0 Å². The van der Waals surface area contributed by atoms with Crippen molar-refractivity contribution in [2.24, 2.45) is 0 Å². The molecule has 0 spiro atoms. The highest BCUT2D eigenvalue weighted by atomic mass is 79.9. The number of nitrogens with zero attached hydrogens (tertiary/aromatic N) is 2. The van der Waals surface area contributed by atoms with Gasteiger partial charge in [0.2, 0.25) is 0 Å². The number of carbonyl (C=O) groups excluding carboxylic acids is 1. The van der Waals surface area contributed by atoms with Crippen molar-refractivity contribution in [3.05, 3.63) is 82.5 Å². The topological polar surface area (TPSA) is 45.2 Å². The highest BCUT2D eigenvalue weighted by Crippen LogP contribution is 2.23. The van der Waals surface area contributed by atoms with Crippen LogP contribution in [-0.2, 0) is 0 Å². The minimum Gasteiger partial charge on any atom is -0.340 e. The Labute approximate surface area is 155 Å². The lowest BCUT2D eigenvalue weighted by molar-refractivity contribution is 0.0993. The van der Waals surface area contributed by atoms with Gasteiger partial charge in [0, 0.05) is 34.7 Å². The molecule has 0 radical (unpaired) electrons. The van der Waals surface area contributed by atoms with Crippen LogP contribution in [0.4, 0.5) is 17.2 Å². The van der Waals surface area contributed by atoms with Crippen molar-refractivity contribution in [2.75, 3.05) is 17.3 Å². The number of anilines is 3. The van der Waals surface area contributed by atoms with Crippen molar-refractivity contribution < 1.29 is 4.79 Å². The molecular formula is C20H18BrN3O. The average molecular weight is 396 g/mol. The van der Waals surface area contributed by atoms with Crippen molar-refractivity contribution >= 4 is 39.0 Å². The number of halogens is 1. The maximum Gasteiger partial charge on any atom is 0.258 e. The summed E-state index contributed by atoms with van der Waals surface area (Å²) in [7, 11) is 1.77. The largest absolute Gasteiger partial charge is 0.340 e. The van der Waals surface area contributed by atoms with Gasteiger partial charge in [0.05, 0.1) is 0 Å². The summed E-state index contributed by atoms with van der Waals surface area (Å²) in [6, 6.07) is 19.0. The Morgan fingerprint density at radius 2 is 1.84 bits per heavy atom. The van der Waals surface area contributed by atoms with Crippen LogP contribution in [0.1, 0.15) is 15.9 Å². The summed E-state index contributed by atoms with van der Waals surface area (Å²) in [6.07, 6.45) is 1.64. The fourth-order valence-electron chi connectivity index (χ4n) is 2.46. The third-order valence-corrected chi connectivity index (χ3v) is 4.78. The predicted octanol–water partition coefficient (Wildman–Crippen LogP) is 5.17. The van der Waals surface area contributed by atoms with Crippen LogP contribution in [0.15, 0.2) is 71.3 Å². The molecule has 1 N–H and O–H groups in total. The Morgan fingerprint density at radius 3 is 2.56 bits per heavy atom. The molecule has 0 saturated heterocycles. The molecule has 4 nitrogen and oxygen atoms in total. The van der Waals surface area contributed by atoms with E-state index in [9.17, 15) is 4.79 Å². The molecule has 0 atom stereocenters. The standard InChI is InChI=1S/C20H18BrN3O/c1-14-12-16(8-9-18(14)21)23-19-13-15(10-11-22-19)20(25)24(2)17-6-4-3-5-7-17/h3-13H,1-2H3,(H,22,23). The van der Waals surface area contributed by atoms with E-state index in [1.807, 2.05) is 55.5 Å². The van der Waals surface area contributed by atoms with Gasteiger partial charge in [-0.1, -0.05) is 34.1 Å². The van der Waals surface area contributed by atoms with Crippen LogP contribution < -0.4 is 10.2 Å². The number of benzene rings is 2. The zero-order chi connectivity index (χ0) is 17.8. The first kappa shape index (κ1) is 17.2. The van der Waals surface area contributed by atoms with Crippen LogP contribution in [0.5, 0.6) is 0 Å². The van der Waals surface area contributed by atoms with Crippen LogP contribution in [0.2, 0.25) is 0 Å². The normalized spacial score (nSPS) is 10.4. The summed E-state index contributed by atoms with van der Waals surface area (Å²) in [5.41, 5.74) is 3.48. The molecule has 0 aliphatic rings. The van der Waals surface area contributed by atoms with Gasteiger partial charge in [-0.25, -0.2) is 4.98 Å². The molecule has 1 amide bonds. The average Bonchev–Trinajstić information content (AvgIpc) is 2.64. The number of carbonyl (C=O) groups is 1. The summed E-state index contributed by atoms with van der Waals surface area (Å²) in [6.45, 7) is 2.03. The van der Waals surface area contributed by atoms with Crippen LogP contribution in [0, 0.1) is 6.92 Å². The van der Waals surface area contributed by atoms with E-state index in [1.165, 1.54) is 0 Å². The summed E-state index contributed by atoms with van der Waals surface area (Å²) in [5.74, 6) is 0.553. The number of nitrogens with one attached hydrogen (secondary N) is 1. The van der Waals surface area contributed by atoms with E-state index in [2.05, 4.69) is 26.2 Å². The molecule has 0 unspecified atom stereocenters. The van der Waals surface area contributed by atoms with Gasteiger partial charge >= 0.3 is 0 Å². The number of aryl methyl sites for hydroxylation is 1. The Kier molecular flexibility index (Phi) is 5.14. The zero-order valence-corrected chi connectivity index (χ0v) is 15.6. The molecule has 1 heterocycles. The maximum absolute atomic E-state index is 12.7.